The third kappa shape index (κ3) is 2.60. The molecule has 0 aliphatic heterocycles. The van der Waals surface area contributed by atoms with Crippen molar-refractivity contribution in [1.82, 2.24) is 15.6 Å². The SMILES string of the molecule is C[C@@H](NC(=O)c1nonc1N)c1ccc(Cl)cc1. The summed E-state index contributed by atoms with van der Waals surface area (Å²) in [5.41, 5.74) is 6.33. The molecule has 0 radical (unpaired) electrons. The van der Waals surface area contributed by atoms with Gasteiger partial charge in [-0.05, 0) is 34.9 Å². The van der Waals surface area contributed by atoms with Gasteiger partial charge in [-0.25, -0.2) is 4.63 Å². The van der Waals surface area contributed by atoms with Crippen molar-refractivity contribution in [3.8, 4) is 0 Å². The summed E-state index contributed by atoms with van der Waals surface area (Å²) in [6.45, 7) is 1.84. The number of carbonyl (C=O) groups excluding carboxylic acids is 1. The Morgan fingerprint density at radius 1 is 1.39 bits per heavy atom. The molecule has 1 aromatic carbocycles. The molecule has 1 amide bonds. The molecule has 2 rings (SSSR count). The van der Waals surface area contributed by atoms with Crippen molar-refractivity contribution in [2.45, 2.75) is 13.0 Å². The molecule has 0 spiro atoms. The highest BCUT2D eigenvalue weighted by Crippen LogP contribution is 2.16. The number of nitrogen functional groups attached to an aromatic ring is 1. The molecule has 1 atom stereocenters. The van der Waals surface area contributed by atoms with Gasteiger partial charge in [0, 0.05) is 5.02 Å². The van der Waals surface area contributed by atoms with Gasteiger partial charge in [-0.2, -0.15) is 0 Å². The van der Waals surface area contributed by atoms with Crippen LogP contribution in [-0.2, 0) is 0 Å². The second kappa shape index (κ2) is 5.05. The van der Waals surface area contributed by atoms with E-state index in [9.17, 15) is 4.79 Å². The number of aromatic nitrogens is 2. The summed E-state index contributed by atoms with van der Waals surface area (Å²) in [7, 11) is 0. The molecule has 0 aliphatic carbocycles. The van der Waals surface area contributed by atoms with Gasteiger partial charge in [-0.1, -0.05) is 23.7 Å². The van der Waals surface area contributed by atoms with E-state index in [1.807, 2.05) is 19.1 Å². The summed E-state index contributed by atoms with van der Waals surface area (Å²) in [5, 5.41) is 10.2. The predicted octanol–water partition coefficient (Wildman–Crippen LogP) is 1.80. The van der Waals surface area contributed by atoms with E-state index in [1.54, 1.807) is 12.1 Å². The maximum absolute atomic E-state index is 11.8. The van der Waals surface area contributed by atoms with Crippen LogP contribution in [0.25, 0.3) is 0 Å². The van der Waals surface area contributed by atoms with Gasteiger partial charge in [0.15, 0.2) is 0 Å². The van der Waals surface area contributed by atoms with E-state index in [0.717, 1.165) is 5.56 Å². The Kier molecular flexibility index (Phi) is 3.47. The van der Waals surface area contributed by atoms with Crippen LogP contribution in [0, 0.1) is 0 Å². The molecule has 0 aliphatic rings. The fourth-order valence-electron chi connectivity index (χ4n) is 1.45. The predicted molar refractivity (Wildman–Crippen MR) is 66.0 cm³/mol. The lowest BCUT2D eigenvalue weighted by molar-refractivity contribution is 0.0930. The van der Waals surface area contributed by atoms with Crippen molar-refractivity contribution in [2.75, 3.05) is 5.73 Å². The fourth-order valence-corrected chi connectivity index (χ4v) is 1.58. The van der Waals surface area contributed by atoms with Gasteiger partial charge in [0.1, 0.15) is 0 Å². The minimum Gasteiger partial charge on any atom is -0.379 e. The van der Waals surface area contributed by atoms with Crippen LogP contribution in [-0.4, -0.2) is 16.2 Å². The van der Waals surface area contributed by atoms with E-state index in [4.69, 9.17) is 17.3 Å². The number of rotatable bonds is 3. The number of amides is 1. The minimum absolute atomic E-state index is 0.0178. The van der Waals surface area contributed by atoms with Crippen molar-refractivity contribution < 1.29 is 9.42 Å². The highest BCUT2D eigenvalue weighted by atomic mass is 35.5. The van der Waals surface area contributed by atoms with E-state index in [2.05, 4.69) is 20.3 Å². The molecule has 7 heteroatoms. The highest BCUT2D eigenvalue weighted by Gasteiger charge is 2.18. The van der Waals surface area contributed by atoms with Gasteiger partial charge in [-0.15, -0.1) is 0 Å². The number of carbonyl (C=O) groups is 1. The third-order valence-corrected chi connectivity index (χ3v) is 2.70. The van der Waals surface area contributed by atoms with Crippen LogP contribution in [0.15, 0.2) is 28.9 Å². The lowest BCUT2D eigenvalue weighted by Crippen LogP contribution is -2.27. The number of hydrogen-bond acceptors (Lipinski definition) is 5. The molecule has 1 aromatic heterocycles. The Hall–Kier alpha value is -2.08. The first kappa shape index (κ1) is 12.4. The number of nitrogens with zero attached hydrogens (tertiary/aromatic N) is 2. The number of anilines is 1. The van der Waals surface area contributed by atoms with Crippen LogP contribution in [0.5, 0.6) is 0 Å². The Bertz CT molecular complexity index is 552. The van der Waals surface area contributed by atoms with Crippen LogP contribution in [0.1, 0.15) is 29.0 Å². The normalized spacial score (nSPS) is 12.1. The van der Waals surface area contributed by atoms with Crippen molar-refractivity contribution in [3.63, 3.8) is 0 Å². The first-order valence-corrected chi connectivity index (χ1v) is 5.60. The lowest BCUT2D eigenvalue weighted by Gasteiger charge is -2.13. The summed E-state index contributed by atoms with van der Waals surface area (Å²) in [6.07, 6.45) is 0. The molecule has 3 N–H and O–H groups in total. The zero-order valence-electron chi connectivity index (χ0n) is 9.55. The Morgan fingerprint density at radius 3 is 2.61 bits per heavy atom. The molecule has 6 nitrogen and oxygen atoms in total. The van der Waals surface area contributed by atoms with Crippen molar-refractivity contribution in [2.24, 2.45) is 0 Å². The second-order valence-electron chi connectivity index (χ2n) is 3.74. The topological polar surface area (TPSA) is 94.0 Å². The van der Waals surface area contributed by atoms with Crippen molar-refractivity contribution >= 4 is 23.3 Å². The van der Waals surface area contributed by atoms with E-state index < -0.39 is 5.91 Å². The summed E-state index contributed by atoms with van der Waals surface area (Å²) in [6, 6.07) is 6.97. The van der Waals surface area contributed by atoms with Crippen LogP contribution in [0.3, 0.4) is 0 Å². The van der Waals surface area contributed by atoms with Gasteiger partial charge in [-0.3, -0.25) is 4.79 Å². The number of nitrogens with two attached hydrogens (primary N) is 1. The van der Waals surface area contributed by atoms with Gasteiger partial charge in [0.25, 0.3) is 5.91 Å². The molecule has 0 saturated heterocycles. The fraction of sp³-hybridized carbons (Fsp3) is 0.182. The summed E-state index contributed by atoms with van der Waals surface area (Å²) < 4.78 is 4.37. The van der Waals surface area contributed by atoms with E-state index in [-0.39, 0.29) is 17.6 Å². The Morgan fingerprint density at radius 2 is 2.06 bits per heavy atom. The summed E-state index contributed by atoms with van der Waals surface area (Å²) in [5.74, 6) is -0.466. The van der Waals surface area contributed by atoms with E-state index in [1.165, 1.54) is 0 Å². The number of benzene rings is 1. The van der Waals surface area contributed by atoms with Crippen LogP contribution in [0.2, 0.25) is 5.02 Å². The zero-order valence-corrected chi connectivity index (χ0v) is 10.3. The maximum Gasteiger partial charge on any atom is 0.277 e. The average molecular weight is 267 g/mol. The molecular weight excluding hydrogens is 256 g/mol. The minimum atomic E-state index is -0.434. The van der Waals surface area contributed by atoms with Crippen molar-refractivity contribution in [1.29, 1.82) is 0 Å². The molecule has 0 fully saturated rings. The van der Waals surface area contributed by atoms with Crippen molar-refractivity contribution in [3.05, 3.63) is 40.5 Å². The summed E-state index contributed by atoms with van der Waals surface area (Å²) in [4.78, 5) is 11.8. The number of hydrogen-bond donors (Lipinski definition) is 2. The van der Waals surface area contributed by atoms with Gasteiger partial charge in [0.05, 0.1) is 6.04 Å². The van der Waals surface area contributed by atoms with E-state index in [0.29, 0.717) is 5.02 Å². The first-order chi connectivity index (χ1) is 8.58. The van der Waals surface area contributed by atoms with Crippen LogP contribution < -0.4 is 11.1 Å². The largest absolute Gasteiger partial charge is 0.379 e. The van der Waals surface area contributed by atoms with Gasteiger partial charge < -0.3 is 11.1 Å². The summed E-state index contributed by atoms with van der Waals surface area (Å²) >= 11 is 5.79. The monoisotopic (exact) mass is 266 g/mol. The van der Waals surface area contributed by atoms with E-state index >= 15 is 0 Å². The van der Waals surface area contributed by atoms with Crippen LogP contribution >= 0.6 is 11.6 Å². The third-order valence-electron chi connectivity index (χ3n) is 2.45. The molecule has 0 saturated carbocycles. The molecule has 2 aromatic rings. The standard InChI is InChI=1S/C11H11ClN4O2/c1-6(7-2-4-8(12)5-3-7)14-11(17)9-10(13)16-18-15-9/h2-6H,1H3,(H2,13,16)(H,14,17)/t6-/m1/s1. The molecule has 1 heterocycles. The van der Waals surface area contributed by atoms with Crippen LogP contribution in [0.4, 0.5) is 5.82 Å². The Balaban J connectivity index is 2.08. The molecule has 94 valence electrons. The average Bonchev–Trinajstić information content (AvgIpc) is 2.76. The quantitative estimate of drug-likeness (QED) is 0.883. The molecule has 0 unspecified atom stereocenters. The molecular formula is C11H11ClN4O2. The smallest absolute Gasteiger partial charge is 0.277 e. The maximum atomic E-state index is 11.8. The van der Waals surface area contributed by atoms with Gasteiger partial charge in [0.2, 0.25) is 11.5 Å². The lowest BCUT2D eigenvalue weighted by atomic mass is 10.1. The molecule has 0 bridgehead atoms. The zero-order chi connectivity index (χ0) is 13.1. The highest BCUT2D eigenvalue weighted by molar-refractivity contribution is 6.30. The molecule has 18 heavy (non-hydrogen) atoms. The van der Waals surface area contributed by atoms with Gasteiger partial charge >= 0.3 is 0 Å². The Labute approximate surface area is 108 Å². The number of nitrogens with one attached hydrogen (secondary N) is 1. The number of halogens is 1. The second-order valence-corrected chi connectivity index (χ2v) is 4.18. The first-order valence-electron chi connectivity index (χ1n) is 5.22.